The average molecular weight is 218 g/mol. The lowest BCUT2D eigenvalue weighted by Crippen LogP contribution is -1.97. The maximum atomic E-state index is 5.94. The molecule has 2 aromatic rings. The van der Waals surface area contributed by atoms with Crippen LogP contribution in [0.25, 0.3) is 10.4 Å². The maximum Gasteiger partial charge on any atom is 0.132 e. The van der Waals surface area contributed by atoms with Crippen molar-refractivity contribution in [3.05, 3.63) is 35.3 Å². The van der Waals surface area contributed by atoms with E-state index in [0.717, 1.165) is 24.1 Å². The molecule has 0 fully saturated rings. The van der Waals surface area contributed by atoms with Gasteiger partial charge in [-0.15, -0.1) is 11.3 Å². The molecule has 0 aromatic carbocycles. The molecule has 0 spiro atoms. The number of aryl methyl sites for hydroxylation is 1. The Morgan fingerprint density at radius 2 is 2.20 bits per heavy atom. The zero-order chi connectivity index (χ0) is 10.7. The van der Waals surface area contributed by atoms with Crippen LogP contribution in [0.2, 0.25) is 0 Å². The standard InChI is InChI=1S/C12H14N2S/c1-2-4-9-6-7-10(12(13)14-9)11-5-3-8-15-11/h3,5-8H,2,4H2,1H3,(H2,13,14). The lowest BCUT2D eigenvalue weighted by Gasteiger charge is -2.04. The minimum atomic E-state index is 0.642. The van der Waals surface area contributed by atoms with Crippen LogP contribution < -0.4 is 5.73 Å². The third kappa shape index (κ3) is 2.18. The van der Waals surface area contributed by atoms with E-state index in [1.54, 1.807) is 11.3 Å². The first kappa shape index (κ1) is 10.2. The number of nitrogen functional groups attached to an aromatic ring is 1. The van der Waals surface area contributed by atoms with E-state index in [-0.39, 0.29) is 0 Å². The van der Waals surface area contributed by atoms with Crippen molar-refractivity contribution in [3.63, 3.8) is 0 Å². The zero-order valence-corrected chi connectivity index (χ0v) is 9.55. The van der Waals surface area contributed by atoms with E-state index in [1.165, 1.54) is 4.88 Å². The molecule has 2 N–H and O–H groups in total. The summed E-state index contributed by atoms with van der Waals surface area (Å²) in [6.07, 6.45) is 2.10. The second-order valence-electron chi connectivity index (χ2n) is 3.46. The van der Waals surface area contributed by atoms with Crippen LogP contribution in [-0.2, 0) is 6.42 Å². The number of anilines is 1. The molecule has 0 unspecified atom stereocenters. The molecular formula is C12H14N2S. The van der Waals surface area contributed by atoms with Gasteiger partial charge in [0.1, 0.15) is 5.82 Å². The fourth-order valence-corrected chi connectivity index (χ4v) is 2.31. The Morgan fingerprint density at radius 3 is 2.80 bits per heavy atom. The van der Waals surface area contributed by atoms with Crippen LogP contribution in [0.3, 0.4) is 0 Å². The number of nitrogens with zero attached hydrogens (tertiary/aromatic N) is 1. The average Bonchev–Trinajstić information content (AvgIpc) is 2.71. The summed E-state index contributed by atoms with van der Waals surface area (Å²) in [5.41, 5.74) is 8.06. The second kappa shape index (κ2) is 4.45. The van der Waals surface area contributed by atoms with Crippen LogP contribution in [0.15, 0.2) is 29.6 Å². The molecular weight excluding hydrogens is 204 g/mol. The highest BCUT2D eigenvalue weighted by Crippen LogP contribution is 2.28. The Bertz CT molecular complexity index is 435. The van der Waals surface area contributed by atoms with Gasteiger partial charge in [-0.2, -0.15) is 0 Å². The van der Waals surface area contributed by atoms with Gasteiger partial charge in [0.15, 0.2) is 0 Å². The van der Waals surface area contributed by atoms with Crippen molar-refractivity contribution in [2.24, 2.45) is 0 Å². The van der Waals surface area contributed by atoms with Crippen molar-refractivity contribution in [1.82, 2.24) is 4.98 Å². The predicted molar refractivity (Wildman–Crippen MR) is 66.0 cm³/mol. The number of aromatic nitrogens is 1. The number of thiophene rings is 1. The molecule has 0 bridgehead atoms. The molecule has 0 saturated carbocycles. The van der Waals surface area contributed by atoms with Crippen molar-refractivity contribution in [1.29, 1.82) is 0 Å². The Morgan fingerprint density at radius 1 is 1.33 bits per heavy atom. The minimum absolute atomic E-state index is 0.642. The largest absolute Gasteiger partial charge is 0.383 e. The second-order valence-corrected chi connectivity index (χ2v) is 4.41. The number of hydrogen-bond donors (Lipinski definition) is 1. The molecule has 0 aliphatic rings. The van der Waals surface area contributed by atoms with E-state index in [4.69, 9.17) is 5.73 Å². The van der Waals surface area contributed by atoms with Crippen molar-refractivity contribution < 1.29 is 0 Å². The molecule has 2 nitrogen and oxygen atoms in total. The highest BCUT2D eigenvalue weighted by molar-refractivity contribution is 7.13. The van der Waals surface area contributed by atoms with Crippen LogP contribution in [0, 0.1) is 0 Å². The summed E-state index contributed by atoms with van der Waals surface area (Å²) < 4.78 is 0. The highest BCUT2D eigenvalue weighted by atomic mass is 32.1. The van der Waals surface area contributed by atoms with E-state index in [0.29, 0.717) is 5.82 Å². The van der Waals surface area contributed by atoms with Crippen molar-refractivity contribution in [2.75, 3.05) is 5.73 Å². The van der Waals surface area contributed by atoms with Gasteiger partial charge in [0, 0.05) is 16.1 Å². The van der Waals surface area contributed by atoms with Gasteiger partial charge in [-0.3, -0.25) is 0 Å². The Kier molecular flexibility index (Phi) is 3.02. The highest BCUT2D eigenvalue weighted by Gasteiger charge is 2.05. The summed E-state index contributed by atoms with van der Waals surface area (Å²) in [6, 6.07) is 8.23. The topological polar surface area (TPSA) is 38.9 Å². The molecule has 78 valence electrons. The summed E-state index contributed by atoms with van der Waals surface area (Å²) in [4.78, 5) is 5.59. The van der Waals surface area contributed by atoms with Crippen molar-refractivity contribution in [2.45, 2.75) is 19.8 Å². The van der Waals surface area contributed by atoms with Crippen LogP contribution in [-0.4, -0.2) is 4.98 Å². The summed E-state index contributed by atoms with van der Waals surface area (Å²) in [6.45, 7) is 2.14. The fraction of sp³-hybridized carbons (Fsp3) is 0.250. The maximum absolute atomic E-state index is 5.94. The molecule has 0 radical (unpaired) electrons. The summed E-state index contributed by atoms with van der Waals surface area (Å²) in [7, 11) is 0. The Hall–Kier alpha value is -1.35. The number of hydrogen-bond acceptors (Lipinski definition) is 3. The van der Waals surface area contributed by atoms with E-state index in [1.807, 2.05) is 6.07 Å². The van der Waals surface area contributed by atoms with Gasteiger partial charge >= 0.3 is 0 Å². The first-order valence-electron chi connectivity index (χ1n) is 5.10. The quantitative estimate of drug-likeness (QED) is 0.858. The van der Waals surface area contributed by atoms with Crippen molar-refractivity contribution in [3.8, 4) is 10.4 Å². The first-order chi connectivity index (χ1) is 7.31. The summed E-state index contributed by atoms with van der Waals surface area (Å²) >= 11 is 1.69. The van der Waals surface area contributed by atoms with Crippen LogP contribution >= 0.6 is 11.3 Å². The Labute approximate surface area is 93.8 Å². The predicted octanol–water partition coefficient (Wildman–Crippen LogP) is 3.34. The van der Waals surface area contributed by atoms with Gasteiger partial charge in [0.05, 0.1) is 0 Å². The molecule has 0 atom stereocenters. The fourth-order valence-electron chi connectivity index (χ4n) is 1.55. The number of nitrogens with two attached hydrogens (primary N) is 1. The summed E-state index contributed by atoms with van der Waals surface area (Å²) in [5.74, 6) is 0.642. The van der Waals surface area contributed by atoms with Crippen LogP contribution in [0.4, 0.5) is 5.82 Å². The normalized spacial score (nSPS) is 10.5. The molecule has 0 saturated heterocycles. The summed E-state index contributed by atoms with van der Waals surface area (Å²) in [5, 5.41) is 2.05. The minimum Gasteiger partial charge on any atom is -0.383 e. The lowest BCUT2D eigenvalue weighted by atomic mass is 10.1. The smallest absolute Gasteiger partial charge is 0.132 e. The van der Waals surface area contributed by atoms with E-state index < -0.39 is 0 Å². The van der Waals surface area contributed by atoms with Crippen molar-refractivity contribution >= 4 is 17.2 Å². The number of rotatable bonds is 3. The molecule has 0 amide bonds. The zero-order valence-electron chi connectivity index (χ0n) is 8.73. The lowest BCUT2D eigenvalue weighted by molar-refractivity contribution is 0.885. The molecule has 0 aliphatic heterocycles. The first-order valence-corrected chi connectivity index (χ1v) is 5.98. The van der Waals surface area contributed by atoms with Crippen LogP contribution in [0.1, 0.15) is 19.0 Å². The van der Waals surface area contributed by atoms with Gasteiger partial charge in [0.2, 0.25) is 0 Å². The third-order valence-electron chi connectivity index (χ3n) is 2.28. The SMILES string of the molecule is CCCc1ccc(-c2cccs2)c(N)n1. The van der Waals surface area contributed by atoms with E-state index in [2.05, 4.69) is 35.5 Å². The van der Waals surface area contributed by atoms with Gasteiger partial charge in [0.25, 0.3) is 0 Å². The molecule has 15 heavy (non-hydrogen) atoms. The molecule has 2 rings (SSSR count). The molecule has 2 aromatic heterocycles. The molecule has 0 aliphatic carbocycles. The van der Waals surface area contributed by atoms with Crippen LogP contribution in [0.5, 0.6) is 0 Å². The van der Waals surface area contributed by atoms with Gasteiger partial charge in [-0.05, 0) is 30.0 Å². The third-order valence-corrected chi connectivity index (χ3v) is 3.18. The van der Waals surface area contributed by atoms with Gasteiger partial charge < -0.3 is 5.73 Å². The Balaban J connectivity index is 2.35. The monoisotopic (exact) mass is 218 g/mol. The molecule has 2 heterocycles. The molecule has 3 heteroatoms. The van der Waals surface area contributed by atoms with Gasteiger partial charge in [-0.1, -0.05) is 19.4 Å². The van der Waals surface area contributed by atoms with E-state index in [9.17, 15) is 0 Å². The van der Waals surface area contributed by atoms with Gasteiger partial charge in [-0.25, -0.2) is 4.98 Å². The van der Waals surface area contributed by atoms with E-state index >= 15 is 0 Å². The number of pyridine rings is 1.